The number of nitro benzene ring substituents is 1. The Balaban J connectivity index is 1.70. The van der Waals surface area contributed by atoms with E-state index >= 15 is 0 Å². The minimum Gasteiger partial charge on any atom is -0.377 e. The van der Waals surface area contributed by atoms with Crippen molar-refractivity contribution in [2.45, 2.75) is 25.8 Å². The Morgan fingerprint density at radius 2 is 1.92 bits per heavy atom. The summed E-state index contributed by atoms with van der Waals surface area (Å²) in [7, 11) is 0. The van der Waals surface area contributed by atoms with Gasteiger partial charge in [-0.2, -0.15) is 0 Å². The molecule has 0 spiro atoms. The maximum absolute atomic E-state index is 11.4. The third kappa shape index (κ3) is 4.73. The normalized spacial score (nSPS) is 15.5. The number of nitrogens with zero attached hydrogens (tertiary/aromatic N) is 2. The second-order valence-electron chi connectivity index (χ2n) is 6.77. The Labute approximate surface area is 154 Å². The van der Waals surface area contributed by atoms with Crippen LogP contribution in [0, 0.1) is 10.1 Å². The van der Waals surface area contributed by atoms with E-state index < -0.39 is 0 Å². The molecular formula is C20H26N4O2. The number of nitro groups is 1. The minimum atomic E-state index is -0.312. The number of rotatable bonds is 7. The van der Waals surface area contributed by atoms with Gasteiger partial charge in [-0.15, -0.1) is 0 Å². The second-order valence-corrected chi connectivity index (χ2v) is 6.77. The summed E-state index contributed by atoms with van der Waals surface area (Å²) >= 11 is 0. The van der Waals surface area contributed by atoms with Crippen LogP contribution in [-0.2, 0) is 6.42 Å². The summed E-state index contributed by atoms with van der Waals surface area (Å²) in [5.41, 5.74) is 3.06. The van der Waals surface area contributed by atoms with E-state index in [-0.39, 0.29) is 16.7 Å². The van der Waals surface area contributed by atoms with Crippen LogP contribution in [0.5, 0.6) is 0 Å². The molecule has 26 heavy (non-hydrogen) atoms. The van der Waals surface area contributed by atoms with Crippen LogP contribution in [-0.4, -0.2) is 37.1 Å². The largest absolute Gasteiger partial charge is 0.377 e. The zero-order valence-electron chi connectivity index (χ0n) is 15.1. The highest BCUT2D eigenvalue weighted by Crippen LogP contribution is 2.30. The standard InChI is InChI=1S/C20H26N4O2/c1-16(7-8-17-5-3-2-4-6-17)22-19-15-18(9-10-20(19)24(25)26)23-13-11-21-12-14-23/h2-6,9-10,15-16,21-22H,7-8,11-14H2,1H3/t16-/m0/s1. The fourth-order valence-corrected chi connectivity index (χ4v) is 3.28. The number of anilines is 2. The average Bonchev–Trinajstić information content (AvgIpc) is 2.67. The maximum Gasteiger partial charge on any atom is 0.292 e. The molecule has 1 atom stereocenters. The molecule has 6 nitrogen and oxygen atoms in total. The first kappa shape index (κ1) is 18.2. The summed E-state index contributed by atoms with van der Waals surface area (Å²) in [6, 6.07) is 15.8. The highest BCUT2D eigenvalue weighted by atomic mass is 16.6. The first-order valence-electron chi connectivity index (χ1n) is 9.18. The molecule has 0 aromatic heterocycles. The lowest BCUT2D eigenvalue weighted by Crippen LogP contribution is -2.43. The lowest BCUT2D eigenvalue weighted by molar-refractivity contribution is -0.384. The SMILES string of the molecule is C[C@@H](CCc1ccccc1)Nc1cc(N2CCNCC2)ccc1[N+](=O)[O-]. The fourth-order valence-electron chi connectivity index (χ4n) is 3.28. The van der Waals surface area contributed by atoms with Gasteiger partial charge in [0.2, 0.25) is 0 Å². The maximum atomic E-state index is 11.4. The van der Waals surface area contributed by atoms with Gasteiger partial charge in [0, 0.05) is 44.0 Å². The Bertz CT molecular complexity index is 730. The summed E-state index contributed by atoms with van der Waals surface area (Å²) in [6.07, 6.45) is 1.86. The summed E-state index contributed by atoms with van der Waals surface area (Å²) in [5, 5.41) is 18.1. The fraction of sp³-hybridized carbons (Fsp3) is 0.400. The van der Waals surface area contributed by atoms with Gasteiger partial charge in [0.05, 0.1) is 4.92 Å². The van der Waals surface area contributed by atoms with E-state index in [2.05, 4.69) is 34.6 Å². The number of aryl methyl sites for hydroxylation is 1. The van der Waals surface area contributed by atoms with Crippen molar-refractivity contribution >= 4 is 17.1 Å². The predicted molar refractivity (Wildman–Crippen MR) is 106 cm³/mol. The molecule has 2 aromatic carbocycles. The lowest BCUT2D eigenvalue weighted by Gasteiger charge is -2.30. The number of hydrogen-bond acceptors (Lipinski definition) is 5. The van der Waals surface area contributed by atoms with Crippen molar-refractivity contribution in [3.63, 3.8) is 0 Å². The monoisotopic (exact) mass is 354 g/mol. The molecule has 1 fully saturated rings. The molecule has 3 rings (SSSR count). The topological polar surface area (TPSA) is 70.4 Å². The van der Waals surface area contributed by atoms with Crippen LogP contribution in [0.15, 0.2) is 48.5 Å². The van der Waals surface area contributed by atoms with E-state index in [0.29, 0.717) is 5.69 Å². The van der Waals surface area contributed by atoms with E-state index in [4.69, 9.17) is 0 Å². The highest BCUT2D eigenvalue weighted by molar-refractivity contribution is 5.69. The smallest absolute Gasteiger partial charge is 0.292 e. The number of hydrogen-bond donors (Lipinski definition) is 2. The molecular weight excluding hydrogens is 328 g/mol. The van der Waals surface area contributed by atoms with E-state index in [0.717, 1.165) is 44.7 Å². The van der Waals surface area contributed by atoms with Crippen molar-refractivity contribution in [1.29, 1.82) is 0 Å². The van der Waals surface area contributed by atoms with Crippen LogP contribution in [0.2, 0.25) is 0 Å². The molecule has 0 amide bonds. The molecule has 1 aliphatic rings. The van der Waals surface area contributed by atoms with E-state index in [9.17, 15) is 10.1 Å². The highest BCUT2D eigenvalue weighted by Gasteiger charge is 2.19. The van der Waals surface area contributed by atoms with Crippen LogP contribution >= 0.6 is 0 Å². The van der Waals surface area contributed by atoms with Crippen molar-refractivity contribution in [3.05, 3.63) is 64.2 Å². The van der Waals surface area contributed by atoms with Crippen molar-refractivity contribution in [3.8, 4) is 0 Å². The summed E-state index contributed by atoms with van der Waals surface area (Å²) < 4.78 is 0. The van der Waals surface area contributed by atoms with Gasteiger partial charge < -0.3 is 15.5 Å². The van der Waals surface area contributed by atoms with Gasteiger partial charge in [0.25, 0.3) is 5.69 Å². The first-order chi connectivity index (χ1) is 12.6. The van der Waals surface area contributed by atoms with Crippen LogP contribution < -0.4 is 15.5 Å². The van der Waals surface area contributed by atoms with Gasteiger partial charge in [0.15, 0.2) is 0 Å². The van der Waals surface area contributed by atoms with Crippen LogP contribution in [0.1, 0.15) is 18.9 Å². The molecule has 6 heteroatoms. The van der Waals surface area contributed by atoms with E-state index in [1.54, 1.807) is 6.07 Å². The Kier molecular flexibility index (Phi) is 6.07. The van der Waals surface area contributed by atoms with Gasteiger partial charge in [-0.25, -0.2) is 0 Å². The third-order valence-corrected chi connectivity index (χ3v) is 4.77. The third-order valence-electron chi connectivity index (χ3n) is 4.77. The average molecular weight is 354 g/mol. The number of piperazine rings is 1. The van der Waals surface area contributed by atoms with Crippen molar-refractivity contribution < 1.29 is 4.92 Å². The molecule has 0 unspecified atom stereocenters. The zero-order valence-corrected chi connectivity index (χ0v) is 15.1. The Hall–Kier alpha value is -2.60. The molecule has 2 aromatic rings. The van der Waals surface area contributed by atoms with Gasteiger partial charge >= 0.3 is 0 Å². The lowest BCUT2D eigenvalue weighted by atomic mass is 10.1. The quantitative estimate of drug-likeness (QED) is 0.589. The molecule has 0 saturated carbocycles. The molecule has 1 saturated heterocycles. The molecule has 1 heterocycles. The summed E-state index contributed by atoms with van der Waals surface area (Å²) in [6.45, 7) is 5.78. The van der Waals surface area contributed by atoms with Crippen molar-refractivity contribution in [2.75, 3.05) is 36.4 Å². The summed E-state index contributed by atoms with van der Waals surface area (Å²) in [5.74, 6) is 0. The van der Waals surface area contributed by atoms with Gasteiger partial charge in [0.1, 0.15) is 5.69 Å². The minimum absolute atomic E-state index is 0.135. The zero-order chi connectivity index (χ0) is 18.4. The first-order valence-corrected chi connectivity index (χ1v) is 9.18. The molecule has 0 aliphatic carbocycles. The second kappa shape index (κ2) is 8.67. The summed E-state index contributed by atoms with van der Waals surface area (Å²) in [4.78, 5) is 13.4. The Morgan fingerprint density at radius 3 is 2.62 bits per heavy atom. The molecule has 0 bridgehead atoms. The molecule has 0 radical (unpaired) electrons. The predicted octanol–water partition coefficient (Wildman–Crippen LogP) is 3.44. The van der Waals surface area contributed by atoms with Crippen LogP contribution in [0.3, 0.4) is 0 Å². The van der Waals surface area contributed by atoms with E-state index in [1.165, 1.54) is 5.56 Å². The molecule has 138 valence electrons. The van der Waals surface area contributed by atoms with Gasteiger partial charge in [-0.3, -0.25) is 10.1 Å². The van der Waals surface area contributed by atoms with Crippen molar-refractivity contribution in [1.82, 2.24) is 5.32 Å². The molecule has 1 aliphatic heterocycles. The Morgan fingerprint density at radius 1 is 1.19 bits per heavy atom. The van der Waals surface area contributed by atoms with Gasteiger partial charge in [-0.05, 0) is 37.5 Å². The van der Waals surface area contributed by atoms with E-state index in [1.807, 2.05) is 30.3 Å². The molecule has 2 N–H and O–H groups in total. The number of nitrogens with one attached hydrogen (secondary N) is 2. The van der Waals surface area contributed by atoms with Crippen LogP contribution in [0.4, 0.5) is 17.1 Å². The van der Waals surface area contributed by atoms with Crippen LogP contribution in [0.25, 0.3) is 0 Å². The van der Waals surface area contributed by atoms with Gasteiger partial charge in [-0.1, -0.05) is 30.3 Å². The number of benzene rings is 2. The van der Waals surface area contributed by atoms with Crippen molar-refractivity contribution in [2.24, 2.45) is 0 Å².